The average molecular weight is 245 g/mol. The van der Waals surface area contributed by atoms with Crippen molar-refractivity contribution in [1.29, 1.82) is 0 Å². The zero-order valence-corrected chi connectivity index (χ0v) is 9.77. The smallest absolute Gasteiger partial charge is 0.248 e. The number of phenolic OH excluding ortho intramolecular Hbond substituents is 1. The lowest BCUT2D eigenvalue weighted by atomic mass is 10.00. The molecule has 0 atom stereocenters. The molecule has 0 fully saturated rings. The second-order valence-corrected chi connectivity index (χ2v) is 4.03. The number of aryl methyl sites for hydroxylation is 1. The summed E-state index contributed by atoms with van der Waals surface area (Å²) in [5, 5.41) is 9.83. The third kappa shape index (κ3) is 2.05. The van der Waals surface area contributed by atoms with Crippen LogP contribution < -0.4 is 5.73 Å². The monoisotopic (exact) mass is 245 g/mol. The van der Waals surface area contributed by atoms with Crippen LogP contribution in [-0.2, 0) is 0 Å². The SMILES string of the molecule is Cc1cccc(-c2ccc(C(N)=O)cc2O)c1F. The molecule has 2 aromatic carbocycles. The Balaban J connectivity index is 2.58. The highest BCUT2D eigenvalue weighted by Gasteiger charge is 2.12. The van der Waals surface area contributed by atoms with E-state index in [0.717, 1.165) is 0 Å². The summed E-state index contributed by atoms with van der Waals surface area (Å²) in [5.41, 5.74) is 6.41. The van der Waals surface area contributed by atoms with Gasteiger partial charge in [-0.2, -0.15) is 0 Å². The van der Waals surface area contributed by atoms with E-state index in [0.29, 0.717) is 16.7 Å². The molecule has 0 saturated heterocycles. The van der Waals surface area contributed by atoms with Crippen molar-refractivity contribution in [1.82, 2.24) is 0 Å². The number of halogens is 1. The van der Waals surface area contributed by atoms with E-state index >= 15 is 0 Å². The Bertz CT molecular complexity index is 623. The molecule has 0 aliphatic carbocycles. The number of nitrogens with two attached hydrogens (primary N) is 1. The Labute approximate surface area is 104 Å². The molecule has 18 heavy (non-hydrogen) atoms. The van der Waals surface area contributed by atoms with Crippen molar-refractivity contribution in [3.63, 3.8) is 0 Å². The molecule has 0 spiro atoms. The topological polar surface area (TPSA) is 63.3 Å². The molecule has 0 heterocycles. The van der Waals surface area contributed by atoms with Crippen LogP contribution >= 0.6 is 0 Å². The Morgan fingerprint density at radius 2 is 1.94 bits per heavy atom. The normalized spacial score (nSPS) is 10.3. The van der Waals surface area contributed by atoms with E-state index in [1.807, 2.05) is 0 Å². The van der Waals surface area contributed by atoms with Gasteiger partial charge in [-0.15, -0.1) is 0 Å². The molecule has 2 rings (SSSR count). The van der Waals surface area contributed by atoms with Crippen LogP contribution in [0.3, 0.4) is 0 Å². The summed E-state index contributed by atoms with van der Waals surface area (Å²) in [6, 6.07) is 9.09. The second-order valence-electron chi connectivity index (χ2n) is 4.03. The molecule has 0 unspecified atom stereocenters. The fourth-order valence-electron chi connectivity index (χ4n) is 1.77. The van der Waals surface area contributed by atoms with Gasteiger partial charge in [-0.1, -0.05) is 18.2 Å². The highest BCUT2D eigenvalue weighted by molar-refractivity contribution is 5.94. The lowest BCUT2D eigenvalue weighted by Crippen LogP contribution is -2.10. The number of phenols is 1. The van der Waals surface area contributed by atoms with Crippen molar-refractivity contribution >= 4 is 5.91 Å². The molecule has 0 aromatic heterocycles. The minimum Gasteiger partial charge on any atom is -0.507 e. The first-order chi connectivity index (χ1) is 8.50. The molecule has 0 aliphatic rings. The molecular formula is C14H12FNO2. The van der Waals surface area contributed by atoms with E-state index in [1.165, 1.54) is 18.2 Å². The molecule has 3 N–H and O–H groups in total. The van der Waals surface area contributed by atoms with Gasteiger partial charge in [0.05, 0.1) is 0 Å². The van der Waals surface area contributed by atoms with E-state index in [9.17, 15) is 14.3 Å². The first kappa shape index (κ1) is 12.1. The summed E-state index contributed by atoms with van der Waals surface area (Å²) in [6.07, 6.45) is 0. The number of primary amides is 1. The zero-order chi connectivity index (χ0) is 13.3. The van der Waals surface area contributed by atoms with Gasteiger partial charge in [-0.25, -0.2) is 4.39 Å². The molecule has 0 bridgehead atoms. The Kier molecular flexibility index (Phi) is 3.02. The van der Waals surface area contributed by atoms with Crippen LogP contribution in [0.2, 0.25) is 0 Å². The molecule has 3 nitrogen and oxygen atoms in total. The summed E-state index contributed by atoms with van der Waals surface area (Å²) >= 11 is 0. The summed E-state index contributed by atoms with van der Waals surface area (Å²) in [4.78, 5) is 11.0. The number of aromatic hydroxyl groups is 1. The summed E-state index contributed by atoms with van der Waals surface area (Å²) < 4.78 is 13.9. The van der Waals surface area contributed by atoms with E-state index in [4.69, 9.17) is 5.73 Å². The number of carbonyl (C=O) groups is 1. The predicted octanol–water partition coefficient (Wildman–Crippen LogP) is 2.61. The first-order valence-corrected chi connectivity index (χ1v) is 5.39. The van der Waals surface area contributed by atoms with Crippen molar-refractivity contribution in [2.24, 2.45) is 5.73 Å². The van der Waals surface area contributed by atoms with E-state index in [2.05, 4.69) is 0 Å². The van der Waals surface area contributed by atoms with Crippen LogP contribution in [0, 0.1) is 12.7 Å². The van der Waals surface area contributed by atoms with Gasteiger partial charge in [0.1, 0.15) is 11.6 Å². The van der Waals surface area contributed by atoms with Gasteiger partial charge in [0.15, 0.2) is 0 Å². The highest BCUT2D eigenvalue weighted by Crippen LogP contribution is 2.32. The molecule has 92 valence electrons. The van der Waals surface area contributed by atoms with Crippen molar-refractivity contribution in [2.45, 2.75) is 6.92 Å². The van der Waals surface area contributed by atoms with Crippen LogP contribution in [-0.4, -0.2) is 11.0 Å². The van der Waals surface area contributed by atoms with Gasteiger partial charge < -0.3 is 10.8 Å². The van der Waals surface area contributed by atoms with E-state index in [1.54, 1.807) is 25.1 Å². The maximum Gasteiger partial charge on any atom is 0.248 e. The quantitative estimate of drug-likeness (QED) is 0.854. The highest BCUT2D eigenvalue weighted by atomic mass is 19.1. The van der Waals surface area contributed by atoms with Crippen molar-refractivity contribution < 1.29 is 14.3 Å². The van der Waals surface area contributed by atoms with E-state index in [-0.39, 0.29) is 17.1 Å². The number of hydrogen-bond acceptors (Lipinski definition) is 2. The van der Waals surface area contributed by atoms with Crippen molar-refractivity contribution in [3.05, 3.63) is 53.3 Å². The van der Waals surface area contributed by atoms with E-state index < -0.39 is 5.91 Å². The summed E-state index contributed by atoms with van der Waals surface area (Å²) in [7, 11) is 0. The zero-order valence-electron chi connectivity index (χ0n) is 9.77. The Morgan fingerprint density at radius 1 is 1.22 bits per heavy atom. The number of amides is 1. The lowest BCUT2D eigenvalue weighted by molar-refractivity contribution is 0.1000. The third-order valence-electron chi connectivity index (χ3n) is 2.76. The number of rotatable bonds is 2. The van der Waals surface area contributed by atoms with Gasteiger partial charge in [-0.05, 0) is 30.7 Å². The van der Waals surface area contributed by atoms with Gasteiger partial charge in [-0.3, -0.25) is 4.79 Å². The molecule has 0 aliphatic heterocycles. The maximum absolute atomic E-state index is 13.9. The van der Waals surface area contributed by atoms with Crippen LogP contribution in [0.25, 0.3) is 11.1 Å². The van der Waals surface area contributed by atoms with Crippen LogP contribution in [0.15, 0.2) is 36.4 Å². The van der Waals surface area contributed by atoms with Crippen LogP contribution in [0.1, 0.15) is 15.9 Å². The minimum atomic E-state index is -0.637. The number of hydrogen-bond donors (Lipinski definition) is 2. The van der Waals surface area contributed by atoms with Gasteiger partial charge in [0.25, 0.3) is 0 Å². The molecular weight excluding hydrogens is 233 g/mol. The summed E-state index contributed by atoms with van der Waals surface area (Å²) in [6.45, 7) is 1.65. The molecule has 1 amide bonds. The maximum atomic E-state index is 13.9. The van der Waals surface area contributed by atoms with Crippen LogP contribution in [0.4, 0.5) is 4.39 Å². The molecule has 2 aromatic rings. The molecule has 4 heteroatoms. The third-order valence-corrected chi connectivity index (χ3v) is 2.76. The fourth-order valence-corrected chi connectivity index (χ4v) is 1.77. The number of carbonyl (C=O) groups excluding carboxylic acids is 1. The summed E-state index contributed by atoms with van der Waals surface area (Å²) in [5.74, 6) is -1.20. The van der Waals surface area contributed by atoms with Crippen molar-refractivity contribution in [2.75, 3.05) is 0 Å². The lowest BCUT2D eigenvalue weighted by Gasteiger charge is -2.08. The van der Waals surface area contributed by atoms with Gasteiger partial charge >= 0.3 is 0 Å². The van der Waals surface area contributed by atoms with Crippen molar-refractivity contribution in [3.8, 4) is 16.9 Å². The second kappa shape index (κ2) is 4.49. The minimum absolute atomic E-state index is 0.171. The Morgan fingerprint density at radius 3 is 2.56 bits per heavy atom. The van der Waals surface area contributed by atoms with Gasteiger partial charge in [0, 0.05) is 16.7 Å². The van der Waals surface area contributed by atoms with Gasteiger partial charge in [0.2, 0.25) is 5.91 Å². The molecule has 0 saturated carbocycles. The average Bonchev–Trinajstić information content (AvgIpc) is 2.33. The number of benzene rings is 2. The first-order valence-electron chi connectivity index (χ1n) is 5.39. The predicted molar refractivity (Wildman–Crippen MR) is 66.8 cm³/mol. The Hall–Kier alpha value is -2.36. The fraction of sp³-hybridized carbons (Fsp3) is 0.0714. The largest absolute Gasteiger partial charge is 0.507 e. The standard InChI is InChI=1S/C14H12FNO2/c1-8-3-2-4-11(13(8)15)10-6-5-9(14(16)18)7-12(10)17/h2-7,17H,1H3,(H2,16,18). The van der Waals surface area contributed by atoms with Crippen LogP contribution in [0.5, 0.6) is 5.75 Å². The molecule has 0 radical (unpaired) electrons.